The van der Waals surface area contributed by atoms with Gasteiger partial charge in [0.25, 0.3) is 5.91 Å². The second-order valence-corrected chi connectivity index (χ2v) is 9.62. The number of benzene rings is 2. The molecule has 1 amide bonds. The van der Waals surface area contributed by atoms with Crippen LogP contribution in [0.5, 0.6) is 5.75 Å². The average Bonchev–Trinajstić information content (AvgIpc) is 3.10. The lowest BCUT2D eigenvalue weighted by molar-refractivity contribution is -0.597. The molecule has 0 bridgehead atoms. The quantitative estimate of drug-likeness (QED) is 0.286. The molecule has 8 heteroatoms. The van der Waals surface area contributed by atoms with E-state index in [1.807, 2.05) is 42.5 Å². The maximum Gasteiger partial charge on any atom is 0.359 e. The largest absolute Gasteiger partial charge is 1.00 e. The molecule has 0 aliphatic carbocycles. The van der Waals surface area contributed by atoms with Gasteiger partial charge in [-0.3, -0.25) is 10.1 Å². The molecule has 4 rings (SSSR count). The number of fused-ring (bicyclic) bond motifs is 1. The monoisotopic (exact) mass is 567 g/mol. The summed E-state index contributed by atoms with van der Waals surface area (Å²) in [4.78, 5) is 21.2. The van der Waals surface area contributed by atoms with Gasteiger partial charge in [0, 0.05) is 0 Å². The summed E-state index contributed by atoms with van der Waals surface area (Å²) < 4.78 is 8.67. The summed E-state index contributed by atoms with van der Waals surface area (Å²) in [5.74, 6) is 0.508. The average molecular weight is 568 g/mol. The van der Waals surface area contributed by atoms with Crippen molar-refractivity contribution in [2.75, 3.05) is 12.4 Å². The number of aromatic nitrogens is 2. The van der Waals surface area contributed by atoms with Crippen molar-refractivity contribution in [1.82, 2.24) is 9.97 Å². The van der Waals surface area contributed by atoms with E-state index in [2.05, 4.69) is 27.4 Å². The molecule has 5 nitrogen and oxygen atoms in total. The maximum atomic E-state index is 12.5. The first-order chi connectivity index (χ1) is 13.2. The highest BCUT2D eigenvalue weighted by atomic mass is 127. The van der Waals surface area contributed by atoms with Gasteiger partial charge in [-0.15, -0.1) is 0 Å². The van der Waals surface area contributed by atoms with Crippen LogP contribution in [0.2, 0.25) is 0 Å². The van der Waals surface area contributed by atoms with Crippen LogP contribution in [0, 0.1) is 7.14 Å². The smallest absolute Gasteiger partial charge is 0.359 e. The molecule has 1 N–H and O–H groups in total. The van der Waals surface area contributed by atoms with Crippen LogP contribution in [0.3, 0.4) is 0 Å². The predicted octanol–water partition coefficient (Wildman–Crippen LogP) is -1.92. The molecule has 2 heterocycles. The molecule has 28 heavy (non-hydrogen) atoms. The second kappa shape index (κ2) is 9.44. The number of hydrogen-bond donors (Lipinski definition) is 1. The molecule has 0 fully saturated rings. The van der Waals surface area contributed by atoms with E-state index >= 15 is 0 Å². The number of hydrogen-bond acceptors (Lipinski definition) is 5. The SMILES string of the molecule is COc1ccc2nc(NC(=O)c3ccc([I+]c4ccccc4)cn3)sc2c1.[Br-]. The number of methoxy groups -OCH3 is 1. The van der Waals surface area contributed by atoms with E-state index in [-0.39, 0.29) is 44.1 Å². The molecule has 0 radical (unpaired) electrons. The van der Waals surface area contributed by atoms with Gasteiger partial charge in [0.1, 0.15) is 11.4 Å². The third kappa shape index (κ3) is 4.86. The first-order valence-electron chi connectivity index (χ1n) is 8.13. The van der Waals surface area contributed by atoms with Crippen molar-refractivity contribution in [3.63, 3.8) is 0 Å². The normalized spacial score (nSPS) is 10.3. The number of pyridine rings is 1. The Morgan fingerprint density at radius 2 is 1.89 bits per heavy atom. The lowest BCUT2D eigenvalue weighted by Gasteiger charge is -1.99. The zero-order chi connectivity index (χ0) is 18.6. The standard InChI is InChI=1S/C20H14IN3O2S.BrH/c1-26-15-8-10-16-18(11-15)27-20(23-16)24-19(25)17-9-7-14(12-22-17)21-13-5-3-2-4-6-13;/h2-12H,1H3;1H. The molecule has 0 saturated carbocycles. The van der Waals surface area contributed by atoms with Crippen LogP contribution in [0.1, 0.15) is 10.5 Å². The molecular formula is C20H15BrIN3O2S. The highest BCUT2D eigenvalue weighted by molar-refractivity contribution is 7.22. The van der Waals surface area contributed by atoms with Crippen molar-refractivity contribution in [2.45, 2.75) is 0 Å². The summed E-state index contributed by atoms with van der Waals surface area (Å²) in [6.07, 6.45) is 1.79. The Morgan fingerprint density at radius 1 is 1.07 bits per heavy atom. The molecule has 0 aliphatic heterocycles. The Hall–Kier alpha value is -2.04. The fourth-order valence-electron chi connectivity index (χ4n) is 2.42. The van der Waals surface area contributed by atoms with Crippen LogP contribution in [0.4, 0.5) is 5.13 Å². The van der Waals surface area contributed by atoms with Crippen molar-refractivity contribution >= 4 is 32.6 Å². The molecule has 4 aromatic rings. The zero-order valence-corrected chi connectivity index (χ0v) is 19.3. The molecule has 2 aromatic carbocycles. The minimum atomic E-state index is -0.289. The van der Waals surface area contributed by atoms with Crippen LogP contribution < -0.4 is 48.2 Å². The highest BCUT2D eigenvalue weighted by Crippen LogP contribution is 2.29. The van der Waals surface area contributed by atoms with E-state index in [0.717, 1.165) is 16.0 Å². The van der Waals surface area contributed by atoms with Gasteiger partial charge >= 0.3 is 21.2 Å². The number of thiazole rings is 1. The maximum absolute atomic E-state index is 12.5. The van der Waals surface area contributed by atoms with Crippen molar-refractivity contribution in [1.29, 1.82) is 0 Å². The molecule has 142 valence electrons. The summed E-state index contributed by atoms with van der Waals surface area (Å²) in [5.41, 5.74) is 1.21. The van der Waals surface area contributed by atoms with E-state index in [0.29, 0.717) is 10.8 Å². The minimum Gasteiger partial charge on any atom is -1.00 e. The predicted molar refractivity (Wildman–Crippen MR) is 102 cm³/mol. The Kier molecular flexibility index (Phi) is 6.97. The van der Waals surface area contributed by atoms with E-state index in [1.54, 1.807) is 19.4 Å². The van der Waals surface area contributed by atoms with Gasteiger partial charge < -0.3 is 21.7 Å². The van der Waals surface area contributed by atoms with Gasteiger partial charge in [0.05, 0.1) is 23.5 Å². The molecule has 0 atom stereocenters. The highest BCUT2D eigenvalue weighted by Gasteiger charge is 2.17. The first-order valence-corrected chi connectivity index (χ1v) is 11.1. The number of carbonyl (C=O) groups is 1. The van der Waals surface area contributed by atoms with Crippen molar-refractivity contribution in [3.8, 4) is 5.75 Å². The lowest BCUT2D eigenvalue weighted by Crippen LogP contribution is -3.61. The number of anilines is 1. The topological polar surface area (TPSA) is 64.1 Å². The number of ether oxygens (including phenoxy) is 1. The molecule has 0 saturated heterocycles. The Bertz CT molecular complexity index is 1090. The number of rotatable bonds is 5. The van der Waals surface area contributed by atoms with Crippen LogP contribution >= 0.6 is 11.3 Å². The van der Waals surface area contributed by atoms with Gasteiger partial charge in [0.2, 0.25) is 3.57 Å². The number of amides is 1. The Balaban J connectivity index is 0.00000225. The number of nitrogens with one attached hydrogen (secondary N) is 1. The van der Waals surface area contributed by atoms with E-state index in [9.17, 15) is 4.79 Å². The fourth-order valence-corrected chi connectivity index (χ4v) is 5.44. The third-order valence-electron chi connectivity index (χ3n) is 3.73. The second-order valence-electron chi connectivity index (χ2n) is 5.56. The van der Waals surface area contributed by atoms with Crippen LogP contribution in [0.25, 0.3) is 10.2 Å². The summed E-state index contributed by atoms with van der Waals surface area (Å²) in [5, 5.41) is 3.38. The molecule has 0 unspecified atom stereocenters. The Morgan fingerprint density at radius 3 is 2.61 bits per heavy atom. The molecular weight excluding hydrogens is 553 g/mol. The third-order valence-corrected chi connectivity index (χ3v) is 7.26. The minimum absolute atomic E-state index is 0. The fraction of sp³-hybridized carbons (Fsp3) is 0.0500. The lowest BCUT2D eigenvalue weighted by atomic mass is 10.3. The van der Waals surface area contributed by atoms with Crippen LogP contribution in [0.15, 0.2) is 66.9 Å². The van der Waals surface area contributed by atoms with E-state index in [1.165, 1.54) is 18.5 Å². The van der Waals surface area contributed by atoms with Crippen molar-refractivity contribution in [2.24, 2.45) is 0 Å². The first kappa shape index (κ1) is 20.7. The summed E-state index contributed by atoms with van der Waals surface area (Å²) in [6, 6.07) is 19.7. The summed E-state index contributed by atoms with van der Waals surface area (Å²) in [6.45, 7) is 0. The summed E-state index contributed by atoms with van der Waals surface area (Å²) >= 11 is 1.12. The van der Waals surface area contributed by atoms with Crippen molar-refractivity contribution < 1.29 is 47.7 Å². The van der Waals surface area contributed by atoms with Gasteiger partial charge in [-0.2, -0.15) is 0 Å². The molecule has 0 spiro atoms. The van der Waals surface area contributed by atoms with Crippen LogP contribution in [-0.2, 0) is 0 Å². The van der Waals surface area contributed by atoms with Gasteiger partial charge in [0.15, 0.2) is 8.70 Å². The Labute approximate surface area is 187 Å². The van der Waals surface area contributed by atoms with Gasteiger partial charge in [-0.25, -0.2) is 9.97 Å². The van der Waals surface area contributed by atoms with Crippen molar-refractivity contribution in [3.05, 3.63) is 79.7 Å². The zero-order valence-electron chi connectivity index (χ0n) is 14.7. The van der Waals surface area contributed by atoms with Gasteiger partial charge in [-0.05, 0) is 42.5 Å². The molecule has 0 aliphatic rings. The van der Waals surface area contributed by atoms with E-state index < -0.39 is 0 Å². The van der Waals surface area contributed by atoms with Gasteiger partial charge in [-0.1, -0.05) is 29.5 Å². The number of nitrogens with zero attached hydrogens (tertiary/aromatic N) is 2. The summed E-state index contributed by atoms with van der Waals surface area (Å²) in [7, 11) is 1.63. The number of carbonyl (C=O) groups excluding carboxylic acids is 1. The van der Waals surface area contributed by atoms with Crippen LogP contribution in [-0.4, -0.2) is 23.0 Å². The molecule has 2 aromatic heterocycles. The number of halogens is 2. The van der Waals surface area contributed by atoms with E-state index in [4.69, 9.17) is 4.74 Å².